The highest BCUT2D eigenvalue weighted by Gasteiger charge is 2.33. The number of rotatable bonds is 7. The number of ether oxygens (including phenoxy) is 2. The Morgan fingerprint density at radius 1 is 1.29 bits per heavy atom. The number of hydrogen-bond donors (Lipinski definition) is 1. The van der Waals surface area contributed by atoms with Gasteiger partial charge >= 0.3 is 0 Å². The van der Waals surface area contributed by atoms with Gasteiger partial charge in [-0.05, 0) is 31.6 Å². The molecule has 2 fully saturated rings. The summed E-state index contributed by atoms with van der Waals surface area (Å²) in [5.41, 5.74) is 0.317. The van der Waals surface area contributed by atoms with Gasteiger partial charge in [-0.1, -0.05) is 13.8 Å². The van der Waals surface area contributed by atoms with Gasteiger partial charge in [0.2, 0.25) is 0 Å². The molecule has 0 unspecified atom stereocenters. The fraction of sp³-hybridized carbons (Fsp3) is 1.00. The van der Waals surface area contributed by atoms with Crippen molar-refractivity contribution in [3.05, 3.63) is 0 Å². The molecule has 0 aromatic carbocycles. The first-order chi connectivity index (χ1) is 8.20. The normalized spacial score (nSPS) is 24.2. The predicted octanol–water partition coefficient (Wildman–Crippen LogP) is 2.21. The average molecular weight is 241 g/mol. The second-order valence-electron chi connectivity index (χ2n) is 6.11. The molecule has 0 aromatic heterocycles. The molecular formula is C14H27NO2. The van der Waals surface area contributed by atoms with E-state index in [0.29, 0.717) is 11.5 Å². The molecule has 17 heavy (non-hydrogen) atoms. The molecule has 0 radical (unpaired) electrons. The van der Waals surface area contributed by atoms with E-state index in [1.807, 2.05) is 0 Å². The number of nitrogens with one attached hydrogen (secondary N) is 1. The van der Waals surface area contributed by atoms with Crippen LogP contribution in [-0.4, -0.2) is 39.0 Å². The first-order valence-corrected chi connectivity index (χ1v) is 7.09. The van der Waals surface area contributed by atoms with Gasteiger partial charge in [0.05, 0.1) is 6.61 Å². The van der Waals surface area contributed by atoms with Crippen LogP contribution in [-0.2, 0) is 9.47 Å². The molecule has 1 N–H and O–H groups in total. The van der Waals surface area contributed by atoms with E-state index in [0.717, 1.165) is 51.7 Å². The standard InChI is InChI=1S/C14H27NO2/c1-12(2)15-10-14(5-7-16-8-6-14)11-17-9-13-3-4-13/h12-13,15H,3-11H2,1-2H3. The van der Waals surface area contributed by atoms with Gasteiger partial charge in [0, 0.05) is 37.8 Å². The van der Waals surface area contributed by atoms with E-state index in [1.165, 1.54) is 12.8 Å². The maximum atomic E-state index is 5.94. The Hall–Kier alpha value is -0.120. The van der Waals surface area contributed by atoms with Crippen molar-refractivity contribution in [2.75, 3.05) is 33.0 Å². The summed E-state index contributed by atoms with van der Waals surface area (Å²) < 4.78 is 11.4. The third-order valence-corrected chi connectivity index (χ3v) is 3.90. The fourth-order valence-corrected chi connectivity index (χ4v) is 2.32. The first-order valence-electron chi connectivity index (χ1n) is 7.09. The van der Waals surface area contributed by atoms with Crippen molar-refractivity contribution in [1.82, 2.24) is 5.32 Å². The minimum absolute atomic E-state index is 0.317. The minimum atomic E-state index is 0.317. The van der Waals surface area contributed by atoms with Gasteiger partial charge in [-0.15, -0.1) is 0 Å². The summed E-state index contributed by atoms with van der Waals surface area (Å²) in [4.78, 5) is 0. The van der Waals surface area contributed by atoms with Crippen LogP contribution in [0, 0.1) is 11.3 Å². The highest BCUT2D eigenvalue weighted by molar-refractivity contribution is 4.85. The predicted molar refractivity (Wildman–Crippen MR) is 69.2 cm³/mol. The van der Waals surface area contributed by atoms with E-state index < -0.39 is 0 Å². The second kappa shape index (κ2) is 6.17. The van der Waals surface area contributed by atoms with E-state index in [2.05, 4.69) is 19.2 Å². The van der Waals surface area contributed by atoms with Crippen molar-refractivity contribution in [3.63, 3.8) is 0 Å². The van der Waals surface area contributed by atoms with Crippen molar-refractivity contribution < 1.29 is 9.47 Å². The molecule has 2 rings (SSSR count). The Morgan fingerprint density at radius 2 is 2.00 bits per heavy atom. The molecular weight excluding hydrogens is 214 g/mol. The Labute approximate surface area is 105 Å². The molecule has 0 amide bonds. The topological polar surface area (TPSA) is 30.5 Å². The molecule has 1 heterocycles. The highest BCUT2D eigenvalue weighted by Crippen LogP contribution is 2.33. The summed E-state index contributed by atoms with van der Waals surface area (Å²) in [6, 6.07) is 0.554. The van der Waals surface area contributed by atoms with Crippen LogP contribution in [0.1, 0.15) is 39.5 Å². The molecule has 0 spiro atoms. The van der Waals surface area contributed by atoms with Crippen molar-refractivity contribution in [3.8, 4) is 0 Å². The van der Waals surface area contributed by atoms with E-state index in [-0.39, 0.29) is 0 Å². The smallest absolute Gasteiger partial charge is 0.0536 e. The average Bonchev–Trinajstić information content (AvgIpc) is 3.12. The highest BCUT2D eigenvalue weighted by atomic mass is 16.5. The zero-order chi connectivity index (χ0) is 12.1. The van der Waals surface area contributed by atoms with Gasteiger partial charge in [-0.3, -0.25) is 0 Å². The third kappa shape index (κ3) is 4.57. The van der Waals surface area contributed by atoms with Crippen LogP contribution < -0.4 is 5.32 Å². The minimum Gasteiger partial charge on any atom is -0.381 e. The van der Waals surface area contributed by atoms with Crippen molar-refractivity contribution in [2.45, 2.75) is 45.6 Å². The molecule has 100 valence electrons. The van der Waals surface area contributed by atoms with E-state index >= 15 is 0 Å². The summed E-state index contributed by atoms with van der Waals surface area (Å²) in [5, 5.41) is 3.57. The van der Waals surface area contributed by atoms with E-state index in [1.54, 1.807) is 0 Å². The molecule has 0 aromatic rings. The summed E-state index contributed by atoms with van der Waals surface area (Å²) in [6.45, 7) is 9.16. The lowest BCUT2D eigenvalue weighted by atomic mass is 9.80. The lowest BCUT2D eigenvalue weighted by Gasteiger charge is -2.37. The zero-order valence-corrected chi connectivity index (χ0v) is 11.3. The lowest BCUT2D eigenvalue weighted by Crippen LogP contribution is -2.44. The van der Waals surface area contributed by atoms with Crippen molar-refractivity contribution in [2.24, 2.45) is 11.3 Å². The molecule has 3 heteroatoms. The lowest BCUT2D eigenvalue weighted by molar-refractivity contribution is -0.0413. The molecule has 1 aliphatic heterocycles. The fourth-order valence-electron chi connectivity index (χ4n) is 2.32. The summed E-state index contributed by atoms with van der Waals surface area (Å²) >= 11 is 0. The number of hydrogen-bond acceptors (Lipinski definition) is 3. The van der Waals surface area contributed by atoms with Gasteiger partial charge in [0.1, 0.15) is 0 Å². The maximum Gasteiger partial charge on any atom is 0.0536 e. The van der Waals surface area contributed by atoms with Gasteiger partial charge < -0.3 is 14.8 Å². The van der Waals surface area contributed by atoms with Gasteiger partial charge in [0.25, 0.3) is 0 Å². The van der Waals surface area contributed by atoms with Gasteiger partial charge in [0.15, 0.2) is 0 Å². The Balaban J connectivity index is 1.76. The van der Waals surface area contributed by atoms with Gasteiger partial charge in [-0.2, -0.15) is 0 Å². The summed E-state index contributed by atoms with van der Waals surface area (Å²) in [5.74, 6) is 0.866. The molecule has 3 nitrogen and oxygen atoms in total. The Kier molecular flexibility index (Phi) is 4.83. The molecule has 0 atom stereocenters. The third-order valence-electron chi connectivity index (χ3n) is 3.90. The van der Waals surface area contributed by atoms with Crippen LogP contribution in [0.2, 0.25) is 0 Å². The van der Waals surface area contributed by atoms with Crippen LogP contribution in [0.5, 0.6) is 0 Å². The van der Waals surface area contributed by atoms with Gasteiger partial charge in [-0.25, -0.2) is 0 Å². The van der Waals surface area contributed by atoms with Crippen LogP contribution in [0.4, 0.5) is 0 Å². The molecule has 0 bridgehead atoms. The molecule has 1 saturated heterocycles. The second-order valence-corrected chi connectivity index (χ2v) is 6.11. The SMILES string of the molecule is CC(C)NCC1(COCC2CC2)CCOCC1. The van der Waals surface area contributed by atoms with Crippen molar-refractivity contribution in [1.29, 1.82) is 0 Å². The zero-order valence-electron chi connectivity index (χ0n) is 11.3. The first kappa shape index (κ1) is 13.3. The quantitative estimate of drug-likeness (QED) is 0.741. The maximum absolute atomic E-state index is 5.94. The Bertz CT molecular complexity index is 220. The molecule has 1 aliphatic carbocycles. The summed E-state index contributed by atoms with van der Waals surface area (Å²) in [6.07, 6.45) is 5.02. The largest absolute Gasteiger partial charge is 0.381 e. The van der Waals surface area contributed by atoms with Crippen LogP contribution in [0.15, 0.2) is 0 Å². The molecule has 2 aliphatic rings. The van der Waals surface area contributed by atoms with Crippen LogP contribution in [0.25, 0.3) is 0 Å². The van der Waals surface area contributed by atoms with Crippen molar-refractivity contribution >= 4 is 0 Å². The summed E-state index contributed by atoms with van der Waals surface area (Å²) in [7, 11) is 0. The monoisotopic (exact) mass is 241 g/mol. The van der Waals surface area contributed by atoms with E-state index in [4.69, 9.17) is 9.47 Å². The Morgan fingerprint density at radius 3 is 2.59 bits per heavy atom. The van der Waals surface area contributed by atoms with Crippen LogP contribution >= 0.6 is 0 Å². The van der Waals surface area contributed by atoms with E-state index in [9.17, 15) is 0 Å². The van der Waals surface area contributed by atoms with Crippen LogP contribution in [0.3, 0.4) is 0 Å². The molecule has 1 saturated carbocycles.